The molecular formula is C13H27N3. The van der Waals surface area contributed by atoms with Crippen molar-refractivity contribution in [2.75, 3.05) is 26.2 Å². The van der Waals surface area contributed by atoms with Gasteiger partial charge in [0.2, 0.25) is 0 Å². The van der Waals surface area contributed by atoms with Gasteiger partial charge in [-0.05, 0) is 37.9 Å². The van der Waals surface area contributed by atoms with E-state index in [1.165, 1.54) is 6.42 Å². The van der Waals surface area contributed by atoms with Crippen molar-refractivity contribution in [3.05, 3.63) is 12.3 Å². The number of hydrogen-bond donors (Lipinski definition) is 2. The van der Waals surface area contributed by atoms with Crippen LogP contribution in [0.5, 0.6) is 0 Å². The van der Waals surface area contributed by atoms with E-state index in [9.17, 15) is 0 Å². The van der Waals surface area contributed by atoms with Crippen LogP contribution in [0.1, 0.15) is 27.2 Å². The van der Waals surface area contributed by atoms with Crippen LogP contribution in [0.15, 0.2) is 12.3 Å². The van der Waals surface area contributed by atoms with Crippen LogP contribution in [-0.4, -0.2) is 37.1 Å². The van der Waals surface area contributed by atoms with Gasteiger partial charge >= 0.3 is 0 Å². The molecule has 1 heterocycles. The molecule has 0 aromatic carbocycles. The van der Waals surface area contributed by atoms with Gasteiger partial charge in [0.25, 0.3) is 0 Å². The largest absolute Gasteiger partial charge is 0.401 e. The van der Waals surface area contributed by atoms with E-state index in [1.807, 2.05) is 0 Å². The molecule has 1 fully saturated rings. The minimum atomic E-state index is 0.353. The maximum Gasteiger partial charge on any atom is 0.0510 e. The summed E-state index contributed by atoms with van der Waals surface area (Å²) in [4.78, 5) is 2.50. The van der Waals surface area contributed by atoms with Crippen LogP contribution in [-0.2, 0) is 0 Å². The summed E-state index contributed by atoms with van der Waals surface area (Å²) in [7, 11) is 0. The Kier molecular flexibility index (Phi) is 5.29. The minimum absolute atomic E-state index is 0.353. The quantitative estimate of drug-likeness (QED) is 0.718. The molecule has 3 nitrogen and oxygen atoms in total. The fourth-order valence-corrected chi connectivity index (χ4v) is 2.71. The van der Waals surface area contributed by atoms with Crippen molar-refractivity contribution < 1.29 is 0 Å². The second-order valence-electron chi connectivity index (χ2n) is 5.22. The van der Waals surface area contributed by atoms with Gasteiger partial charge in [0.05, 0.1) is 6.04 Å². The average Bonchev–Trinajstić information content (AvgIpc) is 2.62. The Bertz CT molecular complexity index is 225. The lowest BCUT2D eigenvalue weighted by molar-refractivity contribution is 0.213. The summed E-state index contributed by atoms with van der Waals surface area (Å²) in [6.45, 7) is 15.0. The molecule has 16 heavy (non-hydrogen) atoms. The van der Waals surface area contributed by atoms with Crippen molar-refractivity contribution in [3.63, 3.8) is 0 Å². The van der Waals surface area contributed by atoms with Gasteiger partial charge in [-0.15, -0.1) is 0 Å². The second-order valence-corrected chi connectivity index (χ2v) is 5.22. The predicted molar refractivity (Wildman–Crippen MR) is 70.2 cm³/mol. The summed E-state index contributed by atoms with van der Waals surface area (Å²) in [5.41, 5.74) is 6.73. The number of nitrogens with one attached hydrogen (secondary N) is 1. The van der Waals surface area contributed by atoms with E-state index in [4.69, 9.17) is 5.73 Å². The molecule has 0 radical (unpaired) electrons. The number of likely N-dealkylation sites (tertiary alicyclic amines) is 1. The van der Waals surface area contributed by atoms with E-state index in [-0.39, 0.29) is 0 Å². The normalized spacial score (nSPS) is 23.9. The summed E-state index contributed by atoms with van der Waals surface area (Å²) in [6.07, 6.45) is 1.28. The molecule has 1 rings (SSSR count). The van der Waals surface area contributed by atoms with E-state index < -0.39 is 0 Å². The van der Waals surface area contributed by atoms with Crippen molar-refractivity contribution in [2.45, 2.75) is 33.2 Å². The Morgan fingerprint density at radius 2 is 2.25 bits per heavy atom. The van der Waals surface area contributed by atoms with Crippen molar-refractivity contribution in [3.8, 4) is 0 Å². The van der Waals surface area contributed by atoms with Crippen molar-refractivity contribution in [2.24, 2.45) is 17.6 Å². The van der Waals surface area contributed by atoms with Crippen LogP contribution >= 0.6 is 0 Å². The lowest BCUT2D eigenvalue weighted by Crippen LogP contribution is -2.41. The third-order valence-electron chi connectivity index (χ3n) is 3.41. The molecule has 0 spiro atoms. The molecule has 94 valence electrons. The Morgan fingerprint density at radius 3 is 2.75 bits per heavy atom. The zero-order valence-corrected chi connectivity index (χ0v) is 11.0. The van der Waals surface area contributed by atoms with Gasteiger partial charge in [-0.1, -0.05) is 27.4 Å². The van der Waals surface area contributed by atoms with Crippen molar-refractivity contribution in [1.29, 1.82) is 0 Å². The van der Waals surface area contributed by atoms with Crippen LogP contribution in [0.2, 0.25) is 0 Å². The van der Waals surface area contributed by atoms with Crippen LogP contribution in [0, 0.1) is 11.8 Å². The number of nitrogens with zero attached hydrogens (tertiary/aromatic N) is 1. The second kappa shape index (κ2) is 6.26. The zero-order valence-electron chi connectivity index (χ0n) is 11.0. The Hall–Kier alpha value is -0.540. The summed E-state index contributed by atoms with van der Waals surface area (Å²) < 4.78 is 0. The topological polar surface area (TPSA) is 41.3 Å². The van der Waals surface area contributed by atoms with Crippen molar-refractivity contribution >= 4 is 0 Å². The third kappa shape index (κ3) is 3.49. The lowest BCUT2D eigenvalue weighted by Gasteiger charge is -2.31. The van der Waals surface area contributed by atoms with Gasteiger partial charge in [0.15, 0.2) is 0 Å². The van der Waals surface area contributed by atoms with Gasteiger partial charge in [-0.3, -0.25) is 4.90 Å². The molecular weight excluding hydrogens is 198 g/mol. The first-order chi connectivity index (χ1) is 7.56. The molecule has 0 saturated carbocycles. The first kappa shape index (κ1) is 13.5. The highest BCUT2D eigenvalue weighted by Gasteiger charge is 2.30. The minimum Gasteiger partial charge on any atom is -0.401 e. The monoisotopic (exact) mass is 225 g/mol. The molecule has 0 aliphatic carbocycles. The van der Waals surface area contributed by atoms with Gasteiger partial charge in [-0.25, -0.2) is 0 Å². The SMILES string of the molecule is C=C(N)C(C(C)C)N1CCC(CNCC)C1. The van der Waals surface area contributed by atoms with E-state index in [2.05, 4.69) is 37.6 Å². The molecule has 0 amide bonds. The zero-order chi connectivity index (χ0) is 12.1. The molecule has 1 aliphatic rings. The molecule has 0 aromatic heterocycles. The molecule has 3 heteroatoms. The predicted octanol–water partition coefficient (Wildman–Crippen LogP) is 1.41. The van der Waals surface area contributed by atoms with Crippen LogP contribution in [0.25, 0.3) is 0 Å². The summed E-state index contributed by atoms with van der Waals surface area (Å²) in [6, 6.07) is 0.353. The highest BCUT2D eigenvalue weighted by molar-refractivity contribution is 5.04. The maximum atomic E-state index is 5.91. The average molecular weight is 225 g/mol. The molecule has 2 atom stereocenters. The smallest absolute Gasteiger partial charge is 0.0510 e. The van der Waals surface area contributed by atoms with E-state index in [1.54, 1.807) is 0 Å². The maximum absolute atomic E-state index is 5.91. The molecule has 0 aromatic rings. The van der Waals surface area contributed by atoms with Crippen molar-refractivity contribution in [1.82, 2.24) is 10.2 Å². The summed E-state index contributed by atoms with van der Waals surface area (Å²) in [5, 5.41) is 3.43. The molecule has 1 saturated heterocycles. The molecule has 1 aliphatic heterocycles. The van der Waals surface area contributed by atoms with Gasteiger partial charge in [0.1, 0.15) is 0 Å². The first-order valence-electron chi connectivity index (χ1n) is 6.45. The fourth-order valence-electron chi connectivity index (χ4n) is 2.71. The van der Waals surface area contributed by atoms with Crippen LogP contribution in [0.3, 0.4) is 0 Å². The summed E-state index contributed by atoms with van der Waals surface area (Å²) in [5.74, 6) is 1.33. The van der Waals surface area contributed by atoms with Gasteiger partial charge in [-0.2, -0.15) is 0 Å². The number of rotatable bonds is 6. The standard InChI is InChI=1S/C13H27N3/c1-5-15-8-12-6-7-16(9-12)13(10(2)3)11(4)14/h10,12-13,15H,4-9,14H2,1-3H3. The molecule has 2 unspecified atom stereocenters. The number of hydrogen-bond acceptors (Lipinski definition) is 3. The Labute approximate surface area is 100 Å². The van der Waals surface area contributed by atoms with Crippen LogP contribution < -0.4 is 11.1 Å². The highest BCUT2D eigenvalue weighted by atomic mass is 15.2. The Balaban J connectivity index is 2.46. The van der Waals surface area contributed by atoms with Crippen LogP contribution in [0.4, 0.5) is 0 Å². The van der Waals surface area contributed by atoms with E-state index in [0.717, 1.165) is 37.8 Å². The van der Waals surface area contributed by atoms with E-state index >= 15 is 0 Å². The van der Waals surface area contributed by atoms with Gasteiger partial charge in [0, 0.05) is 12.2 Å². The highest BCUT2D eigenvalue weighted by Crippen LogP contribution is 2.23. The lowest BCUT2D eigenvalue weighted by atomic mass is 10.0. The summed E-state index contributed by atoms with van der Waals surface area (Å²) >= 11 is 0. The fraction of sp³-hybridized carbons (Fsp3) is 0.846. The third-order valence-corrected chi connectivity index (χ3v) is 3.41. The molecule has 0 bridgehead atoms. The van der Waals surface area contributed by atoms with Gasteiger partial charge < -0.3 is 11.1 Å². The Morgan fingerprint density at radius 1 is 1.56 bits per heavy atom. The molecule has 3 N–H and O–H groups in total. The first-order valence-corrected chi connectivity index (χ1v) is 6.45. The number of nitrogens with two attached hydrogens (primary N) is 1. The van der Waals surface area contributed by atoms with E-state index in [0.29, 0.717) is 12.0 Å².